The van der Waals surface area contributed by atoms with Gasteiger partial charge in [0.15, 0.2) is 0 Å². The second-order valence-electron chi connectivity index (χ2n) is 5.16. The van der Waals surface area contributed by atoms with Gasteiger partial charge in [-0.05, 0) is 48.7 Å². The zero-order valence-corrected chi connectivity index (χ0v) is 13.3. The highest BCUT2D eigenvalue weighted by atomic mass is 79.9. The average Bonchev–Trinajstić information content (AvgIpc) is 2.46. The lowest BCUT2D eigenvalue weighted by Crippen LogP contribution is -2.40. The first-order chi connectivity index (χ1) is 9.52. The molecule has 0 saturated heterocycles. The molecule has 1 aliphatic carbocycles. The van der Waals surface area contributed by atoms with Crippen LogP contribution >= 0.6 is 15.9 Å². The Hall–Kier alpha value is -1.21. The molecule has 0 aromatic carbocycles. The lowest BCUT2D eigenvalue weighted by Gasteiger charge is -2.34. The Morgan fingerprint density at radius 1 is 1.45 bits per heavy atom. The van der Waals surface area contributed by atoms with E-state index in [-0.39, 0.29) is 10.6 Å². The third-order valence-corrected chi connectivity index (χ3v) is 4.43. The Kier molecular flexibility index (Phi) is 4.93. The largest absolute Gasteiger partial charge is 0.351 e. The normalized spacial score (nSPS) is 22.6. The Balaban J connectivity index is 2.17. The highest BCUT2D eigenvalue weighted by molar-refractivity contribution is 9.10. The number of anilines is 1. The van der Waals surface area contributed by atoms with Crippen molar-refractivity contribution in [3.05, 3.63) is 26.9 Å². The van der Waals surface area contributed by atoms with Gasteiger partial charge in [-0.3, -0.25) is 10.1 Å². The minimum absolute atomic E-state index is 0.0533. The summed E-state index contributed by atoms with van der Waals surface area (Å²) in [6.07, 6.45) is 5.84. The average molecular weight is 343 g/mol. The molecule has 20 heavy (non-hydrogen) atoms. The van der Waals surface area contributed by atoms with Crippen LogP contribution in [0.25, 0.3) is 0 Å². The van der Waals surface area contributed by atoms with E-state index in [1.54, 1.807) is 6.20 Å². The van der Waals surface area contributed by atoms with Crippen molar-refractivity contribution in [1.29, 1.82) is 0 Å². The van der Waals surface area contributed by atoms with Crippen molar-refractivity contribution in [3.8, 4) is 0 Å². The zero-order valence-electron chi connectivity index (χ0n) is 11.7. The summed E-state index contributed by atoms with van der Waals surface area (Å²) in [7, 11) is 3.88. The number of nitrogens with one attached hydrogen (secondary N) is 1. The highest BCUT2D eigenvalue weighted by Gasteiger charge is 2.28. The summed E-state index contributed by atoms with van der Waals surface area (Å²) < 4.78 is 0.625. The molecule has 7 heteroatoms. The van der Waals surface area contributed by atoms with Gasteiger partial charge in [-0.1, -0.05) is 0 Å². The molecular weight excluding hydrogens is 324 g/mol. The van der Waals surface area contributed by atoms with Crippen molar-refractivity contribution in [1.82, 2.24) is 10.3 Å². The first-order valence-corrected chi connectivity index (χ1v) is 7.52. The van der Waals surface area contributed by atoms with E-state index < -0.39 is 0 Å². The third-order valence-electron chi connectivity index (χ3n) is 4.00. The van der Waals surface area contributed by atoms with Gasteiger partial charge in [0.25, 0.3) is 0 Å². The maximum absolute atomic E-state index is 11.2. The van der Waals surface area contributed by atoms with Crippen molar-refractivity contribution in [3.63, 3.8) is 0 Å². The van der Waals surface area contributed by atoms with Gasteiger partial charge in [0.05, 0.1) is 4.92 Å². The molecule has 1 aromatic rings. The minimum atomic E-state index is -0.372. The zero-order chi connectivity index (χ0) is 14.7. The first-order valence-electron chi connectivity index (χ1n) is 6.73. The summed E-state index contributed by atoms with van der Waals surface area (Å²) >= 11 is 3.23. The molecule has 1 N–H and O–H groups in total. The summed E-state index contributed by atoms with van der Waals surface area (Å²) in [5.74, 6) is 0.450. The van der Waals surface area contributed by atoms with E-state index in [1.165, 1.54) is 6.07 Å². The number of halogens is 1. The van der Waals surface area contributed by atoms with Gasteiger partial charge in [-0.25, -0.2) is 4.98 Å². The van der Waals surface area contributed by atoms with E-state index in [2.05, 4.69) is 26.2 Å². The van der Waals surface area contributed by atoms with Gasteiger partial charge in [0.1, 0.15) is 0 Å². The fourth-order valence-corrected chi connectivity index (χ4v) is 3.07. The Morgan fingerprint density at radius 3 is 2.65 bits per heavy atom. The number of nitro groups is 1. The maximum Gasteiger partial charge on any atom is 0.312 e. The van der Waals surface area contributed by atoms with Crippen LogP contribution in [0.15, 0.2) is 16.7 Å². The van der Waals surface area contributed by atoms with E-state index in [0.29, 0.717) is 22.4 Å². The van der Waals surface area contributed by atoms with Crippen LogP contribution in [0.5, 0.6) is 0 Å². The van der Waals surface area contributed by atoms with Gasteiger partial charge in [-0.15, -0.1) is 0 Å². The summed E-state index contributed by atoms with van der Waals surface area (Å²) in [5.41, 5.74) is 0.0533. The molecule has 110 valence electrons. The molecule has 2 rings (SSSR count). The predicted octanol–water partition coefficient (Wildman–Crippen LogP) is 2.72. The topological polar surface area (TPSA) is 71.3 Å². The number of hydrogen-bond donors (Lipinski definition) is 1. The Bertz CT molecular complexity index is 489. The number of aromatic nitrogens is 1. The van der Waals surface area contributed by atoms with E-state index in [0.717, 1.165) is 25.7 Å². The van der Waals surface area contributed by atoms with Crippen LogP contribution in [0.3, 0.4) is 0 Å². The molecule has 0 radical (unpaired) electrons. The van der Waals surface area contributed by atoms with E-state index >= 15 is 0 Å². The number of pyridine rings is 1. The van der Waals surface area contributed by atoms with Gasteiger partial charge < -0.3 is 10.2 Å². The molecule has 0 atom stereocenters. The Labute approximate surface area is 126 Å². The fourth-order valence-electron chi connectivity index (χ4n) is 2.75. The number of nitrogens with zero attached hydrogens (tertiary/aromatic N) is 3. The van der Waals surface area contributed by atoms with Crippen molar-refractivity contribution < 1.29 is 4.92 Å². The van der Waals surface area contributed by atoms with Crippen LogP contribution in [-0.4, -0.2) is 36.1 Å². The standard InChI is InChI=1S/C13H19BrN4O2/c1-15-10-3-5-11(6-4-10)17(2)13-12(18(19)20)7-9(14)8-16-13/h7-8,10-11,15H,3-6H2,1-2H3. The molecule has 1 aliphatic rings. The fraction of sp³-hybridized carbons (Fsp3) is 0.615. The molecule has 1 heterocycles. The van der Waals surface area contributed by atoms with Crippen LogP contribution in [-0.2, 0) is 0 Å². The molecule has 0 unspecified atom stereocenters. The highest BCUT2D eigenvalue weighted by Crippen LogP contribution is 2.32. The van der Waals surface area contributed by atoms with Crippen LogP contribution in [0.1, 0.15) is 25.7 Å². The van der Waals surface area contributed by atoms with Gasteiger partial charge >= 0.3 is 5.69 Å². The lowest BCUT2D eigenvalue weighted by atomic mass is 9.90. The van der Waals surface area contributed by atoms with E-state index in [1.807, 2.05) is 19.0 Å². The monoisotopic (exact) mass is 342 g/mol. The molecule has 1 fully saturated rings. The maximum atomic E-state index is 11.2. The SMILES string of the molecule is CNC1CCC(N(C)c2ncc(Br)cc2[N+](=O)[O-])CC1. The predicted molar refractivity (Wildman–Crippen MR) is 82.1 cm³/mol. The molecule has 1 saturated carbocycles. The number of rotatable bonds is 4. The summed E-state index contributed by atoms with van der Waals surface area (Å²) in [5, 5.41) is 14.5. The molecule has 0 spiro atoms. The van der Waals surface area contributed by atoms with E-state index in [4.69, 9.17) is 0 Å². The van der Waals surface area contributed by atoms with Crippen LogP contribution in [0.4, 0.5) is 11.5 Å². The van der Waals surface area contributed by atoms with Gasteiger partial charge in [-0.2, -0.15) is 0 Å². The van der Waals surface area contributed by atoms with Gasteiger partial charge in [0.2, 0.25) is 5.82 Å². The third kappa shape index (κ3) is 3.27. The minimum Gasteiger partial charge on any atom is -0.351 e. The van der Waals surface area contributed by atoms with Crippen LogP contribution < -0.4 is 10.2 Å². The molecule has 0 bridgehead atoms. The Morgan fingerprint density at radius 2 is 2.10 bits per heavy atom. The summed E-state index contributed by atoms with van der Waals surface area (Å²) in [4.78, 5) is 17.0. The van der Waals surface area contributed by atoms with Crippen molar-refractivity contribution in [2.45, 2.75) is 37.8 Å². The molecule has 0 aliphatic heterocycles. The molecular formula is C13H19BrN4O2. The lowest BCUT2D eigenvalue weighted by molar-refractivity contribution is -0.384. The first kappa shape index (κ1) is 15.2. The second kappa shape index (κ2) is 6.49. The summed E-state index contributed by atoms with van der Waals surface area (Å²) in [6, 6.07) is 2.39. The van der Waals surface area contributed by atoms with Crippen LogP contribution in [0, 0.1) is 10.1 Å². The van der Waals surface area contributed by atoms with Crippen molar-refractivity contribution in [2.24, 2.45) is 0 Å². The van der Waals surface area contributed by atoms with Crippen molar-refractivity contribution >= 4 is 27.4 Å². The number of hydrogen-bond acceptors (Lipinski definition) is 5. The molecule has 0 amide bonds. The quantitative estimate of drug-likeness (QED) is 0.672. The molecule has 1 aromatic heterocycles. The second-order valence-corrected chi connectivity index (χ2v) is 6.07. The van der Waals surface area contributed by atoms with Gasteiger partial charge in [0, 0.05) is 35.9 Å². The summed E-state index contributed by atoms with van der Waals surface area (Å²) in [6.45, 7) is 0. The van der Waals surface area contributed by atoms with Crippen molar-refractivity contribution in [2.75, 3.05) is 19.0 Å². The molecule has 6 nitrogen and oxygen atoms in total. The van der Waals surface area contributed by atoms with Crippen LogP contribution in [0.2, 0.25) is 0 Å². The van der Waals surface area contributed by atoms with E-state index in [9.17, 15) is 10.1 Å². The smallest absolute Gasteiger partial charge is 0.312 e.